The van der Waals surface area contributed by atoms with Crippen LogP contribution in [0.2, 0.25) is 0 Å². The van der Waals surface area contributed by atoms with Gasteiger partial charge in [0.1, 0.15) is 0 Å². The smallest absolute Gasteiger partial charge is 0.253 e. The average molecular weight is 345 g/mol. The van der Waals surface area contributed by atoms with Crippen LogP contribution in [0.5, 0.6) is 0 Å². The van der Waals surface area contributed by atoms with Crippen LogP contribution >= 0.6 is 0 Å². The van der Waals surface area contributed by atoms with Crippen LogP contribution in [0.4, 0.5) is 0 Å². The zero-order valence-corrected chi connectivity index (χ0v) is 16.0. The van der Waals surface area contributed by atoms with Crippen molar-refractivity contribution in [3.8, 4) is 0 Å². The zero-order valence-electron chi connectivity index (χ0n) is 16.0. The molecule has 2 saturated heterocycles. The third kappa shape index (κ3) is 3.89. The minimum atomic E-state index is -0.843. The van der Waals surface area contributed by atoms with E-state index in [1.807, 2.05) is 32.9 Å². The third-order valence-electron chi connectivity index (χ3n) is 6.03. The molecule has 0 spiro atoms. The molecule has 1 atom stereocenters. The van der Waals surface area contributed by atoms with E-state index >= 15 is 0 Å². The van der Waals surface area contributed by atoms with Crippen molar-refractivity contribution < 1.29 is 9.90 Å². The molecule has 5 heteroatoms. The molecular weight excluding hydrogens is 314 g/mol. The Morgan fingerprint density at radius 1 is 1.04 bits per heavy atom. The summed E-state index contributed by atoms with van der Waals surface area (Å²) in [5.41, 5.74) is 0.819. The topological polar surface area (TPSA) is 47.0 Å². The van der Waals surface area contributed by atoms with Gasteiger partial charge < -0.3 is 14.9 Å². The Hall–Kier alpha value is -1.43. The van der Waals surface area contributed by atoms with Gasteiger partial charge in [-0.05, 0) is 31.7 Å². The molecule has 0 aliphatic carbocycles. The van der Waals surface area contributed by atoms with Gasteiger partial charge in [-0.25, -0.2) is 0 Å². The number of carbonyl (C=O) groups is 1. The first-order chi connectivity index (χ1) is 11.7. The molecule has 138 valence electrons. The SMILES string of the molecule is CN1CCN(Cc2ccc(C(=O)N3CC(C)(C)[C@@](C)(O)C3)cc2)CC1. The molecule has 25 heavy (non-hydrogen) atoms. The van der Waals surface area contributed by atoms with Gasteiger partial charge >= 0.3 is 0 Å². The monoisotopic (exact) mass is 345 g/mol. The molecule has 1 amide bonds. The van der Waals surface area contributed by atoms with Crippen molar-refractivity contribution in [2.45, 2.75) is 32.9 Å². The Bertz CT molecular complexity index is 600. The molecule has 0 bridgehead atoms. The zero-order chi connectivity index (χ0) is 18.2. The number of carbonyl (C=O) groups excluding carboxylic acids is 1. The van der Waals surface area contributed by atoms with E-state index in [0.29, 0.717) is 18.7 Å². The molecule has 2 fully saturated rings. The van der Waals surface area contributed by atoms with Crippen molar-refractivity contribution in [2.24, 2.45) is 5.41 Å². The number of piperazine rings is 1. The van der Waals surface area contributed by atoms with Crippen LogP contribution in [-0.2, 0) is 6.54 Å². The fraction of sp³-hybridized carbons (Fsp3) is 0.650. The van der Waals surface area contributed by atoms with Gasteiger partial charge in [0.25, 0.3) is 5.91 Å². The number of hydrogen-bond donors (Lipinski definition) is 1. The largest absolute Gasteiger partial charge is 0.388 e. The van der Waals surface area contributed by atoms with Crippen molar-refractivity contribution in [2.75, 3.05) is 46.3 Å². The van der Waals surface area contributed by atoms with E-state index in [-0.39, 0.29) is 11.3 Å². The first-order valence-electron chi connectivity index (χ1n) is 9.19. The Kier molecular flexibility index (Phi) is 4.93. The van der Waals surface area contributed by atoms with E-state index in [2.05, 4.69) is 29.0 Å². The van der Waals surface area contributed by atoms with Crippen molar-refractivity contribution in [3.05, 3.63) is 35.4 Å². The van der Waals surface area contributed by atoms with Gasteiger partial charge in [-0.3, -0.25) is 9.69 Å². The lowest BCUT2D eigenvalue weighted by Crippen LogP contribution is -2.43. The average Bonchev–Trinajstić information content (AvgIpc) is 2.78. The van der Waals surface area contributed by atoms with Crippen molar-refractivity contribution in [1.82, 2.24) is 14.7 Å². The molecule has 1 N–H and O–H groups in total. The molecule has 1 aromatic carbocycles. The maximum atomic E-state index is 12.8. The van der Waals surface area contributed by atoms with Gasteiger partial charge in [0.15, 0.2) is 0 Å². The van der Waals surface area contributed by atoms with E-state index in [9.17, 15) is 9.90 Å². The van der Waals surface area contributed by atoms with Gasteiger partial charge in [-0.15, -0.1) is 0 Å². The molecule has 2 aliphatic rings. The first-order valence-corrected chi connectivity index (χ1v) is 9.19. The predicted molar refractivity (Wildman–Crippen MR) is 99.5 cm³/mol. The van der Waals surface area contributed by atoms with Crippen LogP contribution in [-0.4, -0.2) is 77.6 Å². The standard InChI is InChI=1S/C20H31N3O2/c1-19(2)14-23(15-20(19,3)25)18(24)17-7-5-16(6-8-17)13-22-11-9-21(4)10-12-22/h5-8,25H,9-15H2,1-4H3/t20-/m0/s1. The Labute approximate surface area is 151 Å². The van der Waals surface area contributed by atoms with Gasteiger partial charge in [-0.2, -0.15) is 0 Å². The van der Waals surface area contributed by atoms with E-state index < -0.39 is 5.60 Å². The molecule has 5 nitrogen and oxygen atoms in total. The Balaban J connectivity index is 1.62. The second-order valence-corrected chi connectivity index (χ2v) is 8.60. The minimum absolute atomic E-state index is 0.0111. The summed E-state index contributed by atoms with van der Waals surface area (Å²) in [6.07, 6.45) is 0. The van der Waals surface area contributed by atoms with Gasteiger partial charge in [0.05, 0.1) is 12.1 Å². The second kappa shape index (κ2) is 6.71. The number of aliphatic hydroxyl groups is 1. The Morgan fingerprint density at radius 2 is 1.64 bits per heavy atom. The van der Waals surface area contributed by atoms with Crippen LogP contribution in [0.1, 0.15) is 36.7 Å². The molecule has 0 radical (unpaired) electrons. The van der Waals surface area contributed by atoms with Crippen molar-refractivity contribution in [1.29, 1.82) is 0 Å². The van der Waals surface area contributed by atoms with Crippen LogP contribution in [0, 0.1) is 5.41 Å². The van der Waals surface area contributed by atoms with E-state index in [1.165, 1.54) is 5.56 Å². The number of likely N-dealkylation sites (tertiary alicyclic amines) is 1. The normalized spacial score (nSPS) is 27.6. The van der Waals surface area contributed by atoms with Crippen molar-refractivity contribution in [3.63, 3.8) is 0 Å². The quantitative estimate of drug-likeness (QED) is 0.905. The third-order valence-corrected chi connectivity index (χ3v) is 6.03. The van der Waals surface area contributed by atoms with Gasteiger partial charge in [-0.1, -0.05) is 26.0 Å². The van der Waals surface area contributed by atoms with E-state index in [1.54, 1.807) is 4.90 Å². The summed E-state index contributed by atoms with van der Waals surface area (Å²) in [5, 5.41) is 10.5. The number of likely N-dealkylation sites (N-methyl/N-ethyl adjacent to an activating group) is 1. The summed E-state index contributed by atoms with van der Waals surface area (Å²) >= 11 is 0. The summed E-state index contributed by atoms with van der Waals surface area (Å²) in [6, 6.07) is 7.97. The van der Waals surface area contributed by atoms with Crippen LogP contribution < -0.4 is 0 Å². The van der Waals surface area contributed by atoms with E-state index in [0.717, 1.165) is 32.7 Å². The second-order valence-electron chi connectivity index (χ2n) is 8.60. The number of nitrogens with zero attached hydrogens (tertiary/aromatic N) is 3. The maximum absolute atomic E-state index is 12.8. The van der Waals surface area contributed by atoms with Crippen LogP contribution in [0.3, 0.4) is 0 Å². The lowest BCUT2D eigenvalue weighted by Gasteiger charge is -2.32. The summed E-state index contributed by atoms with van der Waals surface area (Å²) in [6.45, 7) is 12.2. The molecule has 1 aromatic rings. The molecule has 2 aliphatic heterocycles. The molecule has 0 aromatic heterocycles. The number of β-amino-alcohol motifs (C(OH)–C–C–N with tert-alkyl or cyclic N) is 1. The molecular formula is C20H31N3O2. The fourth-order valence-electron chi connectivity index (χ4n) is 3.63. The van der Waals surface area contributed by atoms with E-state index in [4.69, 9.17) is 0 Å². The first kappa shape index (κ1) is 18.4. The highest BCUT2D eigenvalue weighted by Crippen LogP contribution is 2.38. The maximum Gasteiger partial charge on any atom is 0.253 e. The number of rotatable bonds is 3. The van der Waals surface area contributed by atoms with Gasteiger partial charge in [0.2, 0.25) is 0 Å². The molecule has 3 rings (SSSR count). The van der Waals surface area contributed by atoms with Crippen LogP contribution in [0.25, 0.3) is 0 Å². The van der Waals surface area contributed by atoms with Gasteiger partial charge in [0, 0.05) is 50.2 Å². The van der Waals surface area contributed by atoms with Crippen LogP contribution in [0.15, 0.2) is 24.3 Å². The minimum Gasteiger partial charge on any atom is -0.388 e. The summed E-state index contributed by atoms with van der Waals surface area (Å²) in [7, 11) is 2.16. The number of benzene rings is 1. The fourth-order valence-corrected chi connectivity index (χ4v) is 3.63. The lowest BCUT2D eigenvalue weighted by molar-refractivity contribution is -0.0108. The number of amides is 1. The predicted octanol–water partition coefficient (Wildman–Crippen LogP) is 1.67. The summed E-state index contributed by atoms with van der Waals surface area (Å²) in [5.74, 6) is 0.0111. The highest BCUT2D eigenvalue weighted by atomic mass is 16.3. The summed E-state index contributed by atoms with van der Waals surface area (Å²) in [4.78, 5) is 19.3. The number of hydrogen-bond acceptors (Lipinski definition) is 4. The molecule has 0 saturated carbocycles. The summed E-state index contributed by atoms with van der Waals surface area (Å²) < 4.78 is 0. The lowest BCUT2D eigenvalue weighted by atomic mass is 9.79. The highest BCUT2D eigenvalue weighted by Gasteiger charge is 2.49. The molecule has 0 unspecified atom stereocenters. The highest BCUT2D eigenvalue weighted by molar-refractivity contribution is 5.94. The van der Waals surface area contributed by atoms with Crippen molar-refractivity contribution >= 4 is 5.91 Å². The molecule has 2 heterocycles. The Morgan fingerprint density at radius 3 is 2.16 bits per heavy atom.